The van der Waals surface area contributed by atoms with E-state index in [9.17, 15) is 0 Å². The van der Waals surface area contributed by atoms with Crippen LogP contribution < -0.4 is 0 Å². The van der Waals surface area contributed by atoms with Crippen LogP contribution in [0.4, 0.5) is 0 Å². The quantitative estimate of drug-likeness (QED) is 0.462. The fraction of sp³-hybridized carbons (Fsp3) is 0. The first-order chi connectivity index (χ1) is 0. The van der Waals surface area contributed by atoms with Gasteiger partial charge in [-0.2, -0.15) is 0 Å². The molecule has 0 amide bonds. The van der Waals surface area contributed by atoms with E-state index in [4.69, 9.17) is 0 Å². The maximum absolute atomic E-state index is 0. The van der Waals surface area contributed by atoms with Crippen molar-refractivity contribution in [3.05, 3.63) is 0 Å². The maximum Gasteiger partial charge on any atom is 5.00 e. The Labute approximate surface area is 50.6 Å². The van der Waals surface area contributed by atoms with Crippen LogP contribution in [-0.2, 0) is 50.4 Å². The van der Waals surface area contributed by atoms with Crippen LogP contribution in [0.15, 0.2) is 0 Å². The van der Waals surface area contributed by atoms with Crippen molar-refractivity contribution in [2.45, 2.75) is 0 Å². The van der Waals surface area contributed by atoms with E-state index in [1.54, 1.807) is 0 Å². The third kappa shape index (κ3) is 10.9. The van der Waals surface area contributed by atoms with Crippen LogP contribution in [0.1, 0.15) is 0 Å². The molecule has 0 aromatic rings. The molecule has 0 aliphatic rings. The zero-order valence-electron chi connectivity index (χ0n) is 1.62. The zero-order chi connectivity index (χ0) is 0. The molecule has 0 aromatic carbocycles. The Kier molecular flexibility index (Phi) is 494. The van der Waals surface area contributed by atoms with Crippen LogP contribution >= 0.6 is 0 Å². The summed E-state index contributed by atoms with van der Waals surface area (Å²) in [5.74, 6) is 0. The Hall–Kier alpha value is 1.18. The fourth-order valence-electron chi connectivity index (χ4n) is 0. The summed E-state index contributed by atoms with van der Waals surface area (Å²) in [6.45, 7) is 0. The first kappa shape index (κ1) is 65.0. The molecule has 0 aliphatic carbocycles. The van der Waals surface area contributed by atoms with Gasteiger partial charge in [-0.05, 0) is 0 Å². The van der Waals surface area contributed by atoms with Crippen molar-refractivity contribution in [1.82, 2.24) is 0 Å². The maximum atomic E-state index is 0. The molecule has 4 heavy (non-hydrogen) atoms. The van der Waals surface area contributed by atoms with Crippen molar-refractivity contribution in [3.8, 4) is 0 Å². The van der Waals surface area contributed by atoms with Crippen LogP contribution in [0, 0.1) is 0 Å². The Balaban J connectivity index is 0. The summed E-state index contributed by atoms with van der Waals surface area (Å²) < 4.78 is 0. The summed E-state index contributed by atoms with van der Waals surface area (Å²) in [5, 5.41) is 0. The summed E-state index contributed by atoms with van der Waals surface area (Å²) in [4.78, 5) is 0. The van der Waals surface area contributed by atoms with E-state index in [1.807, 2.05) is 0 Å². The van der Waals surface area contributed by atoms with Crippen molar-refractivity contribution < 1.29 is 50.4 Å². The number of hydrogen-bond donors (Lipinski definition) is 0. The SMILES string of the molecule is [Fe+2].[Nb+5].[O-2].[O-2]. The van der Waals surface area contributed by atoms with Crippen molar-refractivity contribution in [1.29, 1.82) is 0 Å². The predicted molar refractivity (Wildman–Crippen MR) is 1.37 cm³/mol. The standard InChI is InChI=1S/Fe.Nb.2O/q+2;+5;2*-2. The molecule has 0 bridgehead atoms. The molecule has 0 radical (unpaired) electrons. The van der Waals surface area contributed by atoms with Crippen LogP contribution in [0.3, 0.4) is 0 Å². The molecule has 22 valence electrons. The van der Waals surface area contributed by atoms with E-state index >= 15 is 0 Å². The average molecular weight is 181 g/mol. The average Bonchev–Trinajstić information content (AvgIpc) is 0. The molecular formula is FeNbO2+3. The van der Waals surface area contributed by atoms with E-state index in [0.29, 0.717) is 0 Å². The van der Waals surface area contributed by atoms with Crippen molar-refractivity contribution in [3.63, 3.8) is 0 Å². The van der Waals surface area contributed by atoms with Crippen LogP contribution in [0.25, 0.3) is 0 Å². The molecule has 0 fully saturated rings. The molecule has 0 aromatic heterocycles. The molecule has 4 heteroatoms. The molecule has 0 heterocycles. The molecule has 0 aliphatic heterocycles. The smallest absolute Gasteiger partial charge is 2.00 e. The number of hydrogen-bond acceptors (Lipinski definition) is 0. The summed E-state index contributed by atoms with van der Waals surface area (Å²) in [7, 11) is 0. The second-order valence-corrected chi connectivity index (χ2v) is 0. The second-order valence-electron chi connectivity index (χ2n) is 0. The van der Waals surface area contributed by atoms with Gasteiger partial charge in [0.25, 0.3) is 0 Å². The Bertz CT molecular complexity index is 6.00. The Morgan fingerprint density at radius 3 is 0.750 bits per heavy atom. The van der Waals surface area contributed by atoms with Gasteiger partial charge in [-0.1, -0.05) is 0 Å². The van der Waals surface area contributed by atoms with Gasteiger partial charge in [-0.3, -0.25) is 0 Å². The minimum atomic E-state index is 0. The first-order valence-corrected chi connectivity index (χ1v) is 0. The van der Waals surface area contributed by atoms with Gasteiger partial charge in [-0.25, -0.2) is 0 Å². The third-order valence-corrected chi connectivity index (χ3v) is 0. The summed E-state index contributed by atoms with van der Waals surface area (Å²) in [6.07, 6.45) is 0. The van der Waals surface area contributed by atoms with E-state index in [0.717, 1.165) is 0 Å². The molecule has 0 saturated carbocycles. The molecule has 0 saturated heterocycles. The van der Waals surface area contributed by atoms with E-state index in [-0.39, 0.29) is 50.4 Å². The molecule has 2 nitrogen and oxygen atoms in total. The van der Waals surface area contributed by atoms with Crippen LogP contribution in [-0.4, -0.2) is 0 Å². The van der Waals surface area contributed by atoms with Gasteiger partial charge in [0.15, 0.2) is 0 Å². The molecule has 0 rings (SSSR count). The van der Waals surface area contributed by atoms with Gasteiger partial charge < -0.3 is 11.0 Å². The Morgan fingerprint density at radius 2 is 0.750 bits per heavy atom. The van der Waals surface area contributed by atoms with E-state index in [1.165, 1.54) is 0 Å². The van der Waals surface area contributed by atoms with Gasteiger partial charge in [0.05, 0.1) is 0 Å². The van der Waals surface area contributed by atoms with Crippen LogP contribution in [0.5, 0.6) is 0 Å². The zero-order valence-corrected chi connectivity index (χ0v) is 4.92. The normalized spacial score (nSPS) is 0. The van der Waals surface area contributed by atoms with Gasteiger partial charge in [-0.15, -0.1) is 0 Å². The van der Waals surface area contributed by atoms with Crippen molar-refractivity contribution in [2.24, 2.45) is 0 Å². The third-order valence-electron chi connectivity index (χ3n) is 0. The topological polar surface area (TPSA) is 57.0 Å². The van der Waals surface area contributed by atoms with Gasteiger partial charge in [0.2, 0.25) is 0 Å². The van der Waals surface area contributed by atoms with E-state index in [2.05, 4.69) is 0 Å². The molecule has 0 N–H and O–H groups in total. The van der Waals surface area contributed by atoms with Crippen molar-refractivity contribution >= 4 is 0 Å². The van der Waals surface area contributed by atoms with Gasteiger partial charge in [0, 0.05) is 0 Å². The van der Waals surface area contributed by atoms with E-state index < -0.39 is 0 Å². The van der Waals surface area contributed by atoms with Crippen molar-refractivity contribution in [2.75, 3.05) is 0 Å². The molecule has 0 unspecified atom stereocenters. The summed E-state index contributed by atoms with van der Waals surface area (Å²) in [6, 6.07) is 0. The predicted octanol–water partition coefficient (Wildman–Crippen LogP) is -0.243. The molecular weight excluding hydrogens is 181 g/mol. The Morgan fingerprint density at radius 1 is 0.750 bits per heavy atom. The van der Waals surface area contributed by atoms with Gasteiger partial charge in [0.1, 0.15) is 0 Å². The molecule has 0 atom stereocenters. The fourth-order valence-corrected chi connectivity index (χ4v) is 0. The first-order valence-electron chi connectivity index (χ1n) is 0. The minimum Gasteiger partial charge on any atom is -2.00 e. The van der Waals surface area contributed by atoms with Gasteiger partial charge >= 0.3 is 39.4 Å². The largest absolute Gasteiger partial charge is 5.00 e. The molecule has 0 spiro atoms. The summed E-state index contributed by atoms with van der Waals surface area (Å²) >= 11 is 0. The second kappa shape index (κ2) is 30.4. The number of rotatable bonds is 0. The minimum absolute atomic E-state index is 0. The monoisotopic (exact) mass is 181 g/mol. The van der Waals surface area contributed by atoms with Crippen LogP contribution in [0.2, 0.25) is 0 Å². The summed E-state index contributed by atoms with van der Waals surface area (Å²) in [5.41, 5.74) is 0.